The van der Waals surface area contributed by atoms with Crippen molar-refractivity contribution in [2.45, 2.75) is 11.4 Å². The van der Waals surface area contributed by atoms with Gasteiger partial charge in [0.1, 0.15) is 5.03 Å². The molecule has 0 unspecified atom stereocenters. The quantitative estimate of drug-likeness (QED) is 0.821. The molecular weight excluding hydrogens is 232 g/mol. The smallest absolute Gasteiger partial charge is 0.169 e. The number of nitrogens with one attached hydrogen (secondary N) is 1. The molecule has 2 aromatic heterocycles. The lowest BCUT2D eigenvalue weighted by Crippen LogP contribution is -2.22. The number of fused-ring (bicyclic) bond motifs is 1. The van der Waals surface area contributed by atoms with Crippen molar-refractivity contribution < 1.29 is 0 Å². The molecule has 0 atom stereocenters. The van der Waals surface area contributed by atoms with Crippen molar-refractivity contribution in [3.63, 3.8) is 0 Å². The Balaban J connectivity index is 2.13. The Bertz CT molecular complexity index is 573. The Morgan fingerprint density at radius 3 is 3.18 bits per heavy atom. The largest absolute Gasteiger partial charge is 0.312 e. The van der Waals surface area contributed by atoms with Crippen LogP contribution in [0.5, 0.6) is 0 Å². The number of hydrogen-bond donors (Lipinski definition) is 1. The van der Waals surface area contributed by atoms with Gasteiger partial charge in [-0.05, 0) is 24.8 Å². The predicted molar refractivity (Wildman–Crippen MR) is 70.2 cm³/mol. The highest BCUT2D eigenvalue weighted by molar-refractivity contribution is 7.98. The molecule has 0 fully saturated rings. The first-order valence-corrected chi connectivity index (χ1v) is 6.89. The molecule has 1 N–H and O–H groups in total. The third-order valence-electron chi connectivity index (χ3n) is 2.89. The van der Waals surface area contributed by atoms with Crippen LogP contribution in [0, 0.1) is 0 Å². The van der Waals surface area contributed by atoms with Gasteiger partial charge in [-0.25, -0.2) is 9.97 Å². The van der Waals surface area contributed by atoms with Crippen molar-refractivity contribution in [1.29, 1.82) is 0 Å². The van der Waals surface area contributed by atoms with Gasteiger partial charge in [0.05, 0.1) is 5.69 Å². The molecule has 0 saturated carbocycles. The molecule has 0 spiro atoms. The van der Waals surface area contributed by atoms with Gasteiger partial charge >= 0.3 is 0 Å². The van der Waals surface area contributed by atoms with Gasteiger partial charge in [-0.2, -0.15) is 0 Å². The maximum absolute atomic E-state index is 4.69. The van der Waals surface area contributed by atoms with Crippen LogP contribution in [0.3, 0.4) is 0 Å². The van der Waals surface area contributed by atoms with Crippen molar-refractivity contribution in [2.24, 2.45) is 0 Å². The van der Waals surface area contributed by atoms with Gasteiger partial charge < -0.3 is 9.72 Å². The van der Waals surface area contributed by atoms with Crippen molar-refractivity contribution in [3.8, 4) is 0 Å². The van der Waals surface area contributed by atoms with Gasteiger partial charge in [0.15, 0.2) is 5.65 Å². The molecule has 0 amide bonds. The normalized spacial score (nSPS) is 16.2. The zero-order valence-electron chi connectivity index (χ0n) is 9.68. The zero-order chi connectivity index (χ0) is 11.7. The maximum atomic E-state index is 4.69. The van der Waals surface area contributed by atoms with Crippen LogP contribution in [0.4, 0.5) is 0 Å². The summed E-state index contributed by atoms with van der Waals surface area (Å²) in [5, 5.41) is 4.36. The van der Waals surface area contributed by atoms with Gasteiger partial charge in [-0.3, -0.25) is 0 Å². The Morgan fingerprint density at radius 1 is 1.47 bits per heavy atom. The van der Waals surface area contributed by atoms with Gasteiger partial charge in [-0.15, -0.1) is 11.8 Å². The van der Waals surface area contributed by atoms with Crippen molar-refractivity contribution in [2.75, 3.05) is 19.3 Å². The average Bonchev–Trinajstić information content (AvgIpc) is 2.86. The van der Waals surface area contributed by atoms with E-state index < -0.39 is 0 Å². The molecule has 0 radical (unpaired) electrons. The summed E-state index contributed by atoms with van der Waals surface area (Å²) >= 11 is 1.64. The number of thioether (sulfide) groups is 1. The van der Waals surface area contributed by atoms with E-state index in [4.69, 9.17) is 0 Å². The van der Waals surface area contributed by atoms with Gasteiger partial charge in [0.25, 0.3) is 0 Å². The van der Waals surface area contributed by atoms with E-state index in [1.165, 1.54) is 5.57 Å². The van der Waals surface area contributed by atoms with E-state index in [-0.39, 0.29) is 0 Å². The molecule has 1 aliphatic rings. The third-order valence-corrected chi connectivity index (χ3v) is 3.55. The van der Waals surface area contributed by atoms with Gasteiger partial charge in [-0.1, -0.05) is 6.08 Å². The first kappa shape index (κ1) is 10.8. The number of rotatable bonds is 2. The standard InChI is InChI=1S/C12H14N4S/c1-17-12-11-14-5-6-16(11)8-10(15-12)9-3-2-4-13-7-9/h3,5-6,8,13H,2,4,7H2,1H3. The average molecular weight is 246 g/mol. The van der Waals surface area contributed by atoms with E-state index in [2.05, 4.69) is 27.6 Å². The molecule has 5 heteroatoms. The van der Waals surface area contributed by atoms with Crippen LogP contribution in [0.1, 0.15) is 12.1 Å². The minimum absolute atomic E-state index is 0.904. The van der Waals surface area contributed by atoms with Crippen LogP contribution in [0.25, 0.3) is 11.2 Å². The summed E-state index contributed by atoms with van der Waals surface area (Å²) in [6, 6.07) is 0. The molecule has 0 aromatic carbocycles. The lowest BCUT2D eigenvalue weighted by molar-refractivity contribution is 0.735. The molecule has 0 bridgehead atoms. The minimum atomic E-state index is 0.904. The second-order valence-corrected chi connectivity index (χ2v) is 4.78. The molecule has 0 aliphatic carbocycles. The Morgan fingerprint density at radius 2 is 2.41 bits per heavy atom. The molecule has 3 heterocycles. The second-order valence-electron chi connectivity index (χ2n) is 3.99. The third kappa shape index (κ3) is 1.96. The van der Waals surface area contributed by atoms with Crippen LogP contribution in [-0.2, 0) is 0 Å². The number of nitrogens with zero attached hydrogens (tertiary/aromatic N) is 3. The summed E-state index contributed by atoms with van der Waals surface area (Å²) < 4.78 is 2.05. The molecule has 1 aliphatic heterocycles. The summed E-state index contributed by atoms with van der Waals surface area (Å²) in [4.78, 5) is 9.01. The molecule has 0 saturated heterocycles. The molecule has 2 aromatic rings. The number of aromatic nitrogens is 3. The van der Waals surface area contributed by atoms with Crippen molar-refractivity contribution in [3.05, 3.63) is 30.4 Å². The highest BCUT2D eigenvalue weighted by Crippen LogP contribution is 2.22. The summed E-state index contributed by atoms with van der Waals surface area (Å²) in [6.07, 6.45) is 11.2. The van der Waals surface area contributed by atoms with Crippen molar-refractivity contribution >= 4 is 23.0 Å². The second kappa shape index (κ2) is 4.50. The van der Waals surface area contributed by atoms with Crippen LogP contribution in [-0.4, -0.2) is 33.7 Å². The Kier molecular flexibility index (Phi) is 2.86. The minimum Gasteiger partial charge on any atom is -0.312 e. The number of imidazole rings is 1. The monoisotopic (exact) mass is 246 g/mol. The lowest BCUT2D eigenvalue weighted by Gasteiger charge is -2.14. The zero-order valence-corrected chi connectivity index (χ0v) is 10.5. The molecule has 17 heavy (non-hydrogen) atoms. The first-order chi connectivity index (χ1) is 8.38. The van der Waals surface area contributed by atoms with Crippen LogP contribution in [0.2, 0.25) is 0 Å². The fraction of sp³-hybridized carbons (Fsp3) is 0.333. The SMILES string of the molecule is CSc1nc(C2=CCCNC2)cn2ccnc12. The topological polar surface area (TPSA) is 42.2 Å². The molecular formula is C12H14N4S. The van der Waals surface area contributed by atoms with E-state index in [0.29, 0.717) is 0 Å². The fourth-order valence-corrected chi connectivity index (χ4v) is 2.56. The van der Waals surface area contributed by atoms with Crippen LogP contribution in [0.15, 0.2) is 29.7 Å². The van der Waals surface area contributed by atoms with Gasteiger partial charge in [0, 0.05) is 25.1 Å². The first-order valence-electron chi connectivity index (χ1n) is 5.66. The van der Waals surface area contributed by atoms with Crippen LogP contribution < -0.4 is 5.32 Å². The highest BCUT2D eigenvalue weighted by Gasteiger charge is 2.11. The molecule has 4 nitrogen and oxygen atoms in total. The fourth-order valence-electron chi connectivity index (χ4n) is 2.03. The van der Waals surface area contributed by atoms with Crippen LogP contribution >= 0.6 is 11.8 Å². The van der Waals surface area contributed by atoms with E-state index in [9.17, 15) is 0 Å². The Labute approximate surface area is 104 Å². The summed E-state index contributed by atoms with van der Waals surface area (Å²) in [5.41, 5.74) is 3.26. The highest BCUT2D eigenvalue weighted by atomic mass is 32.2. The summed E-state index contributed by atoms with van der Waals surface area (Å²) in [6.45, 7) is 1.97. The van der Waals surface area contributed by atoms with Gasteiger partial charge in [0.2, 0.25) is 0 Å². The summed E-state index contributed by atoms with van der Waals surface area (Å²) in [5.74, 6) is 0. The van der Waals surface area contributed by atoms with E-state index in [1.807, 2.05) is 23.1 Å². The number of hydrogen-bond acceptors (Lipinski definition) is 4. The van der Waals surface area contributed by atoms with E-state index in [1.54, 1.807) is 11.8 Å². The predicted octanol–water partition coefficient (Wildman–Crippen LogP) is 1.83. The summed E-state index contributed by atoms with van der Waals surface area (Å²) in [7, 11) is 0. The molecule has 3 rings (SSSR count). The maximum Gasteiger partial charge on any atom is 0.169 e. The van der Waals surface area contributed by atoms with E-state index >= 15 is 0 Å². The van der Waals surface area contributed by atoms with E-state index in [0.717, 1.165) is 35.9 Å². The van der Waals surface area contributed by atoms with Crippen molar-refractivity contribution in [1.82, 2.24) is 19.7 Å². The Hall–Kier alpha value is -1.33. The lowest BCUT2D eigenvalue weighted by atomic mass is 10.1. The molecule has 88 valence electrons.